The summed E-state index contributed by atoms with van der Waals surface area (Å²) in [4.78, 5) is 0. The molecule has 0 aliphatic carbocycles. The van der Waals surface area contributed by atoms with Gasteiger partial charge in [-0.2, -0.15) is 0 Å². The molecule has 0 amide bonds. The molecule has 0 bridgehead atoms. The largest absolute Gasteiger partial charge is 0.389 e. The molecule has 1 atom stereocenters. The highest BCUT2D eigenvalue weighted by Crippen LogP contribution is 2.26. The first-order valence-electron chi connectivity index (χ1n) is 6.10. The van der Waals surface area contributed by atoms with Gasteiger partial charge < -0.3 is 15.2 Å². The van der Waals surface area contributed by atoms with Crippen LogP contribution in [0, 0.1) is 17.8 Å². The van der Waals surface area contributed by atoms with Crippen LogP contribution in [0.2, 0.25) is 0 Å². The average Bonchev–Trinajstić information content (AvgIpc) is 2.12. The molecule has 0 aliphatic heterocycles. The van der Waals surface area contributed by atoms with Crippen LogP contribution in [0.4, 0.5) is 0 Å². The zero-order valence-corrected chi connectivity index (χ0v) is 11.8. The molecule has 2 N–H and O–H groups in total. The molecule has 0 saturated heterocycles. The standard InChI is InChI=1S/C14H27NO2/c1-7-8-17-10-12(16)9-15-14(5,6)11-13(2,3)4/h1,12,15-16H,8-11H2,2-6H3/t12-/m1/s1. The van der Waals surface area contributed by atoms with Gasteiger partial charge in [0.1, 0.15) is 6.61 Å². The average molecular weight is 241 g/mol. The lowest BCUT2D eigenvalue weighted by atomic mass is 9.82. The van der Waals surface area contributed by atoms with Crippen molar-refractivity contribution in [3.8, 4) is 12.3 Å². The fourth-order valence-electron chi connectivity index (χ4n) is 2.10. The van der Waals surface area contributed by atoms with Crippen LogP contribution in [0.25, 0.3) is 0 Å². The van der Waals surface area contributed by atoms with Crippen molar-refractivity contribution in [3.63, 3.8) is 0 Å². The summed E-state index contributed by atoms with van der Waals surface area (Å²) in [7, 11) is 0. The molecule has 3 heteroatoms. The minimum absolute atomic E-state index is 0.00530. The Morgan fingerprint density at radius 2 is 1.88 bits per heavy atom. The van der Waals surface area contributed by atoms with Crippen molar-refractivity contribution in [3.05, 3.63) is 0 Å². The summed E-state index contributed by atoms with van der Waals surface area (Å²) in [5.41, 5.74) is 0.271. The summed E-state index contributed by atoms with van der Waals surface area (Å²) in [6, 6.07) is 0. The molecule has 0 aromatic carbocycles. The monoisotopic (exact) mass is 241 g/mol. The van der Waals surface area contributed by atoms with E-state index in [0.29, 0.717) is 6.54 Å². The number of nitrogens with one attached hydrogen (secondary N) is 1. The summed E-state index contributed by atoms with van der Waals surface area (Å²) in [5.74, 6) is 2.37. The van der Waals surface area contributed by atoms with Crippen LogP contribution in [-0.4, -0.2) is 36.5 Å². The van der Waals surface area contributed by atoms with Gasteiger partial charge in [-0.3, -0.25) is 0 Å². The molecule has 0 aromatic rings. The van der Waals surface area contributed by atoms with Crippen molar-refractivity contribution in [2.75, 3.05) is 19.8 Å². The molecule has 0 spiro atoms. The van der Waals surface area contributed by atoms with E-state index < -0.39 is 6.10 Å². The zero-order chi connectivity index (χ0) is 13.5. The Kier molecular flexibility index (Phi) is 6.77. The number of aliphatic hydroxyl groups is 1. The van der Waals surface area contributed by atoms with E-state index in [1.807, 2.05) is 0 Å². The van der Waals surface area contributed by atoms with Gasteiger partial charge in [0.2, 0.25) is 0 Å². The van der Waals surface area contributed by atoms with Gasteiger partial charge in [-0.05, 0) is 25.7 Å². The van der Waals surface area contributed by atoms with Crippen LogP contribution < -0.4 is 5.32 Å². The van der Waals surface area contributed by atoms with E-state index in [1.54, 1.807) is 0 Å². The van der Waals surface area contributed by atoms with Gasteiger partial charge >= 0.3 is 0 Å². The SMILES string of the molecule is C#CCOC[C@H](O)CNC(C)(C)CC(C)(C)C. The fourth-order valence-corrected chi connectivity index (χ4v) is 2.10. The number of aliphatic hydroxyl groups excluding tert-OH is 1. The van der Waals surface area contributed by atoms with Gasteiger partial charge in [0.25, 0.3) is 0 Å². The lowest BCUT2D eigenvalue weighted by Crippen LogP contribution is -2.46. The number of hydrogen-bond acceptors (Lipinski definition) is 3. The van der Waals surface area contributed by atoms with E-state index in [4.69, 9.17) is 11.2 Å². The molecular weight excluding hydrogens is 214 g/mol. The van der Waals surface area contributed by atoms with Gasteiger partial charge in [0, 0.05) is 12.1 Å². The molecule has 0 radical (unpaired) electrons. The molecule has 0 rings (SSSR count). The number of hydrogen-bond donors (Lipinski definition) is 2. The third-order valence-corrected chi connectivity index (χ3v) is 2.28. The van der Waals surface area contributed by atoms with Crippen molar-refractivity contribution >= 4 is 0 Å². The Hall–Kier alpha value is -0.560. The summed E-state index contributed by atoms with van der Waals surface area (Å²) in [6.07, 6.45) is 5.58. The molecule has 0 aliphatic rings. The molecule has 0 saturated carbocycles. The Labute approximate surface area is 106 Å². The van der Waals surface area contributed by atoms with E-state index in [9.17, 15) is 5.11 Å². The van der Waals surface area contributed by atoms with Crippen molar-refractivity contribution in [2.45, 2.75) is 52.7 Å². The smallest absolute Gasteiger partial charge is 0.107 e. The highest BCUT2D eigenvalue weighted by molar-refractivity contribution is 4.85. The van der Waals surface area contributed by atoms with Gasteiger partial charge in [-0.15, -0.1) is 6.42 Å². The van der Waals surface area contributed by atoms with Gasteiger partial charge in [0.05, 0.1) is 12.7 Å². The van der Waals surface area contributed by atoms with Crippen LogP contribution in [0.1, 0.15) is 41.0 Å². The minimum atomic E-state index is -0.511. The zero-order valence-electron chi connectivity index (χ0n) is 11.8. The number of rotatable bonds is 7. The quantitative estimate of drug-likeness (QED) is 0.527. The van der Waals surface area contributed by atoms with Crippen LogP contribution >= 0.6 is 0 Å². The Morgan fingerprint density at radius 3 is 2.35 bits per heavy atom. The van der Waals surface area contributed by atoms with Gasteiger partial charge in [-0.25, -0.2) is 0 Å². The molecule has 0 heterocycles. The van der Waals surface area contributed by atoms with Gasteiger partial charge in [-0.1, -0.05) is 26.7 Å². The second-order valence-corrected chi connectivity index (χ2v) is 6.38. The lowest BCUT2D eigenvalue weighted by Gasteiger charge is -2.34. The van der Waals surface area contributed by atoms with Crippen LogP contribution in [0.3, 0.4) is 0 Å². The molecule has 17 heavy (non-hydrogen) atoms. The number of ether oxygens (including phenoxy) is 1. The van der Waals surface area contributed by atoms with E-state index >= 15 is 0 Å². The van der Waals surface area contributed by atoms with Crippen molar-refractivity contribution < 1.29 is 9.84 Å². The maximum atomic E-state index is 9.68. The fraction of sp³-hybridized carbons (Fsp3) is 0.857. The molecule has 3 nitrogen and oxygen atoms in total. The summed E-state index contributed by atoms with van der Waals surface area (Å²) in [5, 5.41) is 13.0. The Balaban J connectivity index is 3.89. The van der Waals surface area contributed by atoms with E-state index in [2.05, 4.69) is 45.9 Å². The van der Waals surface area contributed by atoms with Crippen molar-refractivity contribution in [2.24, 2.45) is 5.41 Å². The van der Waals surface area contributed by atoms with Crippen LogP contribution in [0.5, 0.6) is 0 Å². The lowest BCUT2D eigenvalue weighted by molar-refractivity contribution is 0.0455. The van der Waals surface area contributed by atoms with Crippen molar-refractivity contribution in [1.82, 2.24) is 5.32 Å². The predicted molar refractivity (Wildman–Crippen MR) is 71.8 cm³/mol. The number of β-amino-alcohol motifs (C(OH)–C–C–N with tert-alkyl or cyclic N) is 1. The second-order valence-electron chi connectivity index (χ2n) is 6.38. The molecule has 100 valence electrons. The highest BCUT2D eigenvalue weighted by Gasteiger charge is 2.25. The van der Waals surface area contributed by atoms with Gasteiger partial charge in [0.15, 0.2) is 0 Å². The first-order valence-corrected chi connectivity index (χ1v) is 6.10. The normalized spacial score (nSPS) is 14.4. The molecular formula is C14H27NO2. The highest BCUT2D eigenvalue weighted by atomic mass is 16.5. The van der Waals surface area contributed by atoms with Crippen LogP contribution in [-0.2, 0) is 4.74 Å². The maximum Gasteiger partial charge on any atom is 0.107 e. The van der Waals surface area contributed by atoms with Crippen LogP contribution in [0.15, 0.2) is 0 Å². The third-order valence-electron chi connectivity index (χ3n) is 2.28. The molecule has 0 fully saturated rings. The van der Waals surface area contributed by atoms with E-state index in [-0.39, 0.29) is 24.2 Å². The predicted octanol–water partition coefficient (Wildman–Crippen LogP) is 1.80. The third kappa shape index (κ3) is 10.3. The minimum Gasteiger partial charge on any atom is -0.389 e. The topological polar surface area (TPSA) is 41.5 Å². The Morgan fingerprint density at radius 1 is 1.29 bits per heavy atom. The van der Waals surface area contributed by atoms with Crippen molar-refractivity contribution in [1.29, 1.82) is 0 Å². The summed E-state index contributed by atoms with van der Waals surface area (Å²) in [6.45, 7) is 12.0. The summed E-state index contributed by atoms with van der Waals surface area (Å²) >= 11 is 0. The summed E-state index contributed by atoms with van der Waals surface area (Å²) < 4.78 is 5.08. The molecule has 0 unspecified atom stereocenters. The first-order chi connectivity index (χ1) is 7.66. The molecule has 0 aromatic heterocycles. The number of terminal acetylenes is 1. The maximum absolute atomic E-state index is 9.68. The first kappa shape index (κ1) is 16.4. The second kappa shape index (κ2) is 7.00. The van der Waals surface area contributed by atoms with E-state index in [0.717, 1.165) is 6.42 Å². The van der Waals surface area contributed by atoms with E-state index in [1.165, 1.54) is 0 Å². The Bertz CT molecular complexity index is 248.